The second-order valence-corrected chi connectivity index (χ2v) is 6.47. The highest BCUT2D eigenvalue weighted by atomic mass is 32.2. The number of nitrogen functional groups attached to an aromatic ring is 1. The van der Waals surface area contributed by atoms with Gasteiger partial charge < -0.3 is 15.6 Å². The van der Waals surface area contributed by atoms with E-state index in [0.717, 1.165) is 5.82 Å². The van der Waals surface area contributed by atoms with Gasteiger partial charge in [-0.2, -0.15) is 0 Å². The average molecular weight is 309 g/mol. The molecule has 2 rings (SSSR count). The molecular weight excluding hydrogens is 290 g/mol. The highest BCUT2D eigenvalue weighted by molar-refractivity contribution is 7.89. The molecule has 8 heteroatoms. The van der Waals surface area contributed by atoms with E-state index < -0.39 is 10.0 Å². The molecule has 21 heavy (non-hydrogen) atoms. The number of anilines is 2. The number of nitrogens with two attached hydrogens (primary N) is 1. The SMILES string of the molecule is CNS(=O)(=O)c1ccc(N)c(NCCc2nccn2C)c1. The molecule has 1 aromatic carbocycles. The van der Waals surface area contributed by atoms with E-state index in [-0.39, 0.29) is 4.90 Å². The lowest BCUT2D eigenvalue weighted by Crippen LogP contribution is -2.19. The van der Waals surface area contributed by atoms with Crippen LogP contribution in [0, 0.1) is 0 Å². The first-order valence-corrected chi connectivity index (χ1v) is 7.95. The van der Waals surface area contributed by atoms with Crippen LogP contribution in [0.5, 0.6) is 0 Å². The summed E-state index contributed by atoms with van der Waals surface area (Å²) >= 11 is 0. The number of hydrogen-bond donors (Lipinski definition) is 3. The van der Waals surface area contributed by atoms with Crippen molar-refractivity contribution < 1.29 is 8.42 Å². The first kappa shape index (κ1) is 15.3. The normalized spacial score (nSPS) is 11.5. The summed E-state index contributed by atoms with van der Waals surface area (Å²) in [6.07, 6.45) is 4.33. The van der Waals surface area contributed by atoms with Gasteiger partial charge >= 0.3 is 0 Å². The summed E-state index contributed by atoms with van der Waals surface area (Å²) in [4.78, 5) is 4.40. The Morgan fingerprint density at radius 3 is 2.76 bits per heavy atom. The molecule has 0 unspecified atom stereocenters. The summed E-state index contributed by atoms with van der Waals surface area (Å²) in [6, 6.07) is 4.58. The van der Waals surface area contributed by atoms with Crippen molar-refractivity contribution in [2.75, 3.05) is 24.6 Å². The number of nitrogens with one attached hydrogen (secondary N) is 2. The molecule has 0 aliphatic carbocycles. The molecule has 0 amide bonds. The fourth-order valence-electron chi connectivity index (χ4n) is 1.92. The minimum atomic E-state index is -3.47. The maximum atomic E-state index is 11.8. The molecule has 0 atom stereocenters. The number of rotatable bonds is 6. The van der Waals surface area contributed by atoms with Gasteiger partial charge in [-0.3, -0.25) is 0 Å². The van der Waals surface area contributed by atoms with Crippen LogP contribution >= 0.6 is 0 Å². The summed E-state index contributed by atoms with van der Waals surface area (Å²) < 4.78 is 27.8. The molecule has 0 radical (unpaired) electrons. The van der Waals surface area contributed by atoms with Crippen molar-refractivity contribution in [3.63, 3.8) is 0 Å². The number of hydrogen-bond acceptors (Lipinski definition) is 5. The lowest BCUT2D eigenvalue weighted by atomic mass is 10.2. The van der Waals surface area contributed by atoms with Gasteiger partial charge in [0.25, 0.3) is 0 Å². The molecule has 0 fully saturated rings. The smallest absolute Gasteiger partial charge is 0.240 e. The van der Waals surface area contributed by atoms with Crippen molar-refractivity contribution in [2.45, 2.75) is 11.3 Å². The Labute approximate surface area is 124 Å². The van der Waals surface area contributed by atoms with E-state index in [9.17, 15) is 8.42 Å². The first-order chi connectivity index (χ1) is 9.94. The van der Waals surface area contributed by atoms with Crippen LogP contribution in [0.15, 0.2) is 35.5 Å². The maximum absolute atomic E-state index is 11.8. The molecular formula is C13H19N5O2S. The van der Waals surface area contributed by atoms with Gasteiger partial charge in [0.15, 0.2) is 0 Å². The summed E-state index contributed by atoms with van der Waals surface area (Å²) in [7, 11) is -0.172. The van der Waals surface area contributed by atoms with Crippen LogP contribution in [-0.2, 0) is 23.5 Å². The van der Waals surface area contributed by atoms with E-state index in [4.69, 9.17) is 5.73 Å². The van der Waals surface area contributed by atoms with E-state index in [0.29, 0.717) is 24.3 Å². The third-order valence-electron chi connectivity index (χ3n) is 3.19. The van der Waals surface area contributed by atoms with Gasteiger partial charge in [0, 0.05) is 32.4 Å². The van der Waals surface area contributed by atoms with Crippen molar-refractivity contribution in [1.82, 2.24) is 14.3 Å². The van der Waals surface area contributed by atoms with Gasteiger partial charge in [-0.1, -0.05) is 0 Å². The van der Waals surface area contributed by atoms with Crippen LogP contribution < -0.4 is 15.8 Å². The van der Waals surface area contributed by atoms with Gasteiger partial charge in [-0.15, -0.1) is 0 Å². The third kappa shape index (κ3) is 3.53. The topological polar surface area (TPSA) is 102 Å². The zero-order chi connectivity index (χ0) is 15.5. The standard InChI is InChI=1S/C13H19N5O2S/c1-15-21(19,20)10-3-4-11(14)12(9-10)16-6-5-13-17-7-8-18(13)2/h3-4,7-9,15-16H,5-6,14H2,1-2H3. The molecule has 0 aliphatic heterocycles. The van der Waals surface area contributed by atoms with Crippen LogP contribution in [0.3, 0.4) is 0 Å². The van der Waals surface area contributed by atoms with E-state index in [1.807, 2.05) is 17.8 Å². The molecule has 2 aromatic rings. The second kappa shape index (κ2) is 6.15. The predicted octanol–water partition coefficient (Wildman–Crippen LogP) is 0.565. The molecule has 0 bridgehead atoms. The fourth-order valence-corrected chi connectivity index (χ4v) is 2.68. The molecule has 0 aliphatic rings. The molecule has 0 spiro atoms. The zero-order valence-electron chi connectivity index (χ0n) is 12.0. The van der Waals surface area contributed by atoms with Crippen molar-refractivity contribution >= 4 is 21.4 Å². The molecule has 7 nitrogen and oxygen atoms in total. The fraction of sp³-hybridized carbons (Fsp3) is 0.308. The number of benzene rings is 1. The Balaban J connectivity index is 2.09. The summed E-state index contributed by atoms with van der Waals surface area (Å²) in [5, 5.41) is 3.14. The van der Waals surface area contributed by atoms with Gasteiger partial charge in [0.1, 0.15) is 5.82 Å². The maximum Gasteiger partial charge on any atom is 0.240 e. The number of nitrogens with zero attached hydrogens (tertiary/aromatic N) is 2. The van der Waals surface area contributed by atoms with E-state index in [1.54, 1.807) is 12.3 Å². The average Bonchev–Trinajstić information content (AvgIpc) is 2.86. The van der Waals surface area contributed by atoms with Crippen molar-refractivity contribution in [3.05, 3.63) is 36.4 Å². The lowest BCUT2D eigenvalue weighted by Gasteiger charge is -2.11. The largest absolute Gasteiger partial charge is 0.397 e. The third-order valence-corrected chi connectivity index (χ3v) is 4.60. The molecule has 1 heterocycles. The van der Waals surface area contributed by atoms with Gasteiger partial charge in [0.05, 0.1) is 16.3 Å². The Kier molecular flexibility index (Phi) is 4.49. The lowest BCUT2D eigenvalue weighted by molar-refractivity contribution is 0.588. The number of imidazole rings is 1. The van der Waals surface area contributed by atoms with E-state index in [1.165, 1.54) is 19.2 Å². The van der Waals surface area contributed by atoms with Crippen LogP contribution in [0.1, 0.15) is 5.82 Å². The molecule has 114 valence electrons. The Morgan fingerprint density at radius 1 is 1.38 bits per heavy atom. The summed E-state index contributed by atoms with van der Waals surface area (Å²) in [5.74, 6) is 0.945. The first-order valence-electron chi connectivity index (χ1n) is 6.47. The van der Waals surface area contributed by atoms with Crippen LogP contribution in [0.2, 0.25) is 0 Å². The predicted molar refractivity (Wildman–Crippen MR) is 82.5 cm³/mol. The molecule has 0 saturated heterocycles. The van der Waals surface area contributed by atoms with Crippen molar-refractivity contribution in [3.8, 4) is 0 Å². The van der Waals surface area contributed by atoms with Crippen molar-refractivity contribution in [1.29, 1.82) is 0 Å². The van der Waals surface area contributed by atoms with Gasteiger partial charge in [0.2, 0.25) is 10.0 Å². The minimum Gasteiger partial charge on any atom is -0.397 e. The molecule has 0 saturated carbocycles. The van der Waals surface area contributed by atoms with Gasteiger partial charge in [-0.25, -0.2) is 18.1 Å². The quantitative estimate of drug-likeness (QED) is 0.677. The highest BCUT2D eigenvalue weighted by Gasteiger charge is 2.13. The van der Waals surface area contributed by atoms with Crippen molar-refractivity contribution in [2.24, 2.45) is 7.05 Å². The summed E-state index contributed by atoms with van der Waals surface area (Å²) in [6.45, 7) is 0.609. The molecule has 1 aromatic heterocycles. The van der Waals surface area contributed by atoms with Crippen LogP contribution in [-0.4, -0.2) is 31.6 Å². The Hall–Kier alpha value is -2.06. The van der Waals surface area contributed by atoms with E-state index in [2.05, 4.69) is 15.0 Å². The minimum absolute atomic E-state index is 0.179. The summed E-state index contributed by atoms with van der Waals surface area (Å²) in [5.41, 5.74) is 6.97. The molecule has 4 N–H and O–H groups in total. The highest BCUT2D eigenvalue weighted by Crippen LogP contribution is 2.22. The number of aryl methyl sites for hydroxylation is 1. The Bertz CT molecular complexity index is 724. The number of sulfonamides is 1. The number of aromatic nitrogens is 2. The second-order valence-electron chi connectivity index (χ2n) is 4.59. The van der Waals surface area contributed by atoms with Crippen LogP contribution in [0.4, 0.5) is 11.4 Å². The Morgan fingerprint density at radius 2 is 2.14 bits per heavy atom. The monoisotopic (exact) mass is 309 g/mol. The van der Waals surface area contributed by atoms with Gasteiger partial charge in [-0.05, 0) is 25.2 Å². The zero-order valence-corrected chi connectivity index (χ0v) is 12.8. The van der Waals surface area contributed by atoms with Crippen LogP contribution in [0.25, 0.3) is 0 Å². The van der Waals surface area contributed by atoms with E-state index >= 15 is 0 Å².